The third-order valence-corrected chi connectivity index (χ3v) is 3.39. The van der Waals surface area contributed by atoms with Crippen molar-refractivity contribution in [1.82, 2.24) is 9.55 Å². The Morgan fingerprint density at radius 3 is 2.71 bits per heavy atom. The first-order valence-corrected chi connectivity index (χ1v) is 5.74. The zero-order valence-electron chi connectivity index (χ0n) is 9.45. The highest BCUT2D eigenvalue weighted by molar-refractivity contribution is 5.11. The Bertz CT molecular complexity index is 289. The number of imidazole rings is 1. The lowest BCUT2D eigenvalue weighted by atomic mass is 9.95. The van der Waals surface area contributed by atoms with Crippen LogP contribution < -0.4 is 0 Å². The minimum atomic E-state index is 0.591. The van der Waals surface area contributed by atoms with Gasteiger partial charge in [0.1, 0.15) is 5.82 Å². The summed E-state index contributed by atoms with van der Waals surface area (Å²) < 4.78 is 2.34. The fourth-order valence-electron chi connectivity index (χ4n) is 2.00. The Morgan fingerprint density at radius 1 is 1.29 bits per heavy atom. The Morgan fingerprint density at radius 2 is 2.07 bits per heavy atom. The van der Waals surface area contributed by atoms with Crippen molar-refractivity contribution in [2.75, 3.05) is 0 Å². The Labute approximate surface area is 86.3 Å². The van der Waals surface area contributed by atoms with E-state index in [1.165, 1.54) is 37.3 Å². The normalized spacial score (nSPS) is 18.3. The molecule has 2 rings (SSSR count). The molecule has 2 heteroatoms. The first kappa shape index (κ1) is 9.75. The molecule has 0 amide bonds. The number of aromatic nitrogens is 2. The predicted molar refractivity (Wildman–Crippen MR) is 58.4 cm³/mol. The van der Waals surface area contributed by atoms with Gasteiger partial charge in [0.05, 0.1) is 5.69 Å². The SMILES string of the molecule is CC(C)C(C)c1cn2c(n1)CCCC2. The standard InChI is InChI=1S/C12H20N2/c1-9(2)10(3)11-8-14-7-5-4-6-12(14)13-11/h8-10H,4-7H2,1-3H3. The summed E-state index contributed by atoms with van der Waals surface area (Å²) in [5.74, 6) is 2.58. The van der Waals surface area contributed by atoms with Crippen molar-refractivity contribution in [3.8, 4) is 0 Å². The number of hydrogen-bond donors (Lipinski definition) is 0. The van der Waals surface area contributed by atoms with E-state index >= 15 is 0 Å². The van der Waals surface area contributed by atoms with Gasteiger partial charge in [-0.05, 0) is 18.8 Å². The first-order valence-electron chi connectivity index (χ1n) is 5.74. The molecule has 0 spiro atoms. The topological polar surface area (TPSA) is 17.8 Å². The van der Waals surface area contributed by atoms with E-state index in [1.807, 2.05) is 0 Å². The molecular weight excluding hydrogens is 172 g/mol. The minimum absolute atomic E-state index is 0.591. The molecule has 78 valence electrons. The summed E-state index contributed by atoms with van der Waals surface area (Å²) in [5, 5.41) is 0. The van der Waals surface area contributed by atoms with Gasteiger partial charge in [-0.15, -0.1) is 0 Å². The Kier molecular flexibility index (Phi) is 2.62. The molecule has 0 aliphatic carbocycles. The second-order valence-corrected chi connectivity index (χ2v) is 4.77. The average Bonchev–Trinajstić information content (AvgIpc) is 2.59. The molecule has 1 unspecified atom stereocenters. The second kappa shape index (κ2) is 3.76. The summed E-state index contributed by atoms with van der Waals surface area (Å²) in [6.45, 7) is 7.98. The first-order chi connectivity index (χ1) is 6.68. The van der Waals surface area contributed by atoms with Gasteiger partial charge in [0.2, 0.25) is 0 Å². The Balaban J connectivity index is 2.23. The highest BCUT2D eigenvalue weighted by Crippen LogP contribution is 2.24. The van der Waals surface area contributed by atoms with Crippen molar-refractivity contribution < 1.29 is 0 Å². The second-order valence-electron chi connectivity index (χ2n) is 4.77. The van der Waals surface area contributed by atoms with Crippen molar-refractivity contribution in [3.05, 3.63) is 17.7 Å². The molecule has 1 aromatic rings. The summed E-state index contributed by atoms with van der Waals surface area (Å²) in [6.07, 6.45) is 6.06. The summed E-state index contributed by atoms with van der Waals surface area (Å²) in [7, 11) is 0. The maximum Gasteiger partial charge on any atom is 0.108 e. The molecule has 1 atom stereocenters. The van der Waals surface area contributed by atoms with Crippen LogP contribution in [0.25, 0.3) is 0 Å². The third-order valence-electron chi connectivity index (χ3n) is 3.39. The van der Waals surface area contributed by atoms with Gasteiger partial charge in [-0.3, -0.25) is 0 Å². The lowest BCUT2D eigenvalue weighted by molar-refractivity contribution is 0.522. The van der Waals surface area contributed by atoms with Crippen molar-refractivity contribution in [3.63, 3.8) is 0 Å². The lowest BCUT2D eigenvalue weighted by Gasteiger charge is -2.12. The van der Waals surface area contributed by atoms with Crippen LogP contribution in [0.15, 0.2) is 6.20 Å². The van der Waals surface area contributed by atoms with Gasteiger partial charge in [-0.25, -0.2) is 4.98 Å². The van der Waals surface area contributed by atoms with E-state index < -0.39 is 0 Å². The molecule has 2 heterocycles. The number of hydrogen-bond acceptors (Lipinski definition) is 1. The van der Waals surface area contributed by atoms with Gasteiger partial charge in [-0.1, -0.05) is 20.8 Å². The zero-order valence-corrected chi connectivity index (χ0v) is 9.45. The molecule has 0 bridgehead atoms. The van der Waals surface area contributed by atoms with E-state index in [1.54, 1.807) is 0 Å². The molecule has 14 heavy (non-hydrogen) atoms. The van der Waals surface area contributed by atoms with Crippen LogP contribution in [0, 0.1) is 5.92 Å². The highest BCUT2D eigenvalue weighted by atomic mass is 15.1. The predicted octanol–water partition coefficient (Wildman–Crippen LogP) is 2.98. The maximum absolute atomic E-state index is 4.73. The van der Waals surface area contributed by atoms with Gasteiger partial charge in [0, 0.05) is 25.1 Å². The molecule has 0 radical (unpaired) electrons. The van der Waals surface area contributed by atoms with Crippen LogP contribution in [-0.4, -0.2) is 9.55 Å². The van der Waals surface area contributed by atoms with E-state index in [0.717, 1.165) is 0 Å². The quantitative estimate of drug-likeness (QED) is 0.704. The van der Waals surface area contributed by atoms with E-state index in [0.29, 0.717) is 11.8 Å². The van der Waals surface area contributed by atoms with Gasteiger partial charge >= 0.3 is 0 Å². The monoisotopic (exact) mass is 192 g/mol. The van der Waals surface area contributed by atoms with Gasteiger partial charge in [-0.2, -0.15) is 0 Å². The smallest absolute Gasteiger partial charge is 0.108 e. The summed E-state index contributed by atoms with van der Waals surface area (Å²) in [6, 6.07) is 0. The third kappa shape index (κ3) is 1.70. The molecule has 2 nitrogen and oxygen atoms in total. The minimum Gasteiger partial charge on any atom is -0.335 e. The number of fused-ring (bicyclic) bond motifs is 1. The van der Waals surface area contributed by atoms with Crippen LogP contribution in [0.3, 0.4) is 0 Å². The van der Waals surface area contributed by atoms with Crippen molar-refractivity contribution >= 4 is 0 Å². The molecule has 0 saturated heterocycles. The van der Waals surface area contributed by atoms with Crippen molar-refractivity contribution in [2.45, 2.75) is 52.5 Å². The summed E-state index contributed by atoms with van der Waals surface area (Å²) >= 11 is 0. The van der Waals surface area contributed by atoms with E-state index in [4.69, 9.17) is 4.98 Å². The van der Waals surface area contributed by atoms with Gasteiger partial charge in [0.25, 0.3) is 0 Å². The van der Waals surface area contributed by atoms with Crippen LogP contribution in [-0.2, 0) is 13.0 Å². The number of rotatable bonds is 2. The van der Waals surface area contributed by atoms with Crippen LogP contribution in [0.1, 0.15) is 51.0 Å². The van der Waals surface area contributed by atoms with Gasteiger partial charge < -0.3 is 4.57 Å². The van der Waals surface area contributed by atoms with Crippen molar-refractivity contribution in [2.24, 2.45) is 5.92 Å². The van der Waals surface area contributed by atoms with Crippen LogP contribution >= 0.6 is 0 Å². The molecule has 1 aliphatic rings. The molecule has 0 aromatic carbocycles. The molecule has 1 aliphatic heterocycles. The van der Waals surface area contributed by atoms with Gasteiger partial charge in [0.15, 0.2) is 0 Å². The van der Waals surface area contributed by atoms with Crippen molar-refractivity contribution in [1.29, 1.82) is 0 Å². The fourth-order valence-corrected chi connectivity index (χ4v) is 2.00. The largest absolute Gasteiger partial charge is 0.335 e. The average molecular weight is 192 g/mol. The molecule has 0 saturated carbocycles. The van der Waals surface area contributed by atoms with E-state index in [9.17, 15) is 0 Å². The Hall–Kier alpha value is -0.790. The molecule has 1 aromatic heterocycles. The van der Waals surface area contributed by atoms with Crippen LogP contribution in [0.4, 0.5) is 0 Å². The van der Waals surface area contributed by atoms with Crippen LogP contribution in [0.2, 0.25) is 0 Å². The van der Waals surface area contributed by atoms with E-state index in [-0.39, 0.29) is 0 Å². The molecule has 0 fully saturated rings. The highest BCUT2D eigenvalue weighted by Gasteiger charge is 2.17. The molecular formula is C12H20N2. The molecule has 0 N–H and O–H groups in total. The lowest BCUT2D eigenvalue weighted by Crippen LogP contribution is -2.08. The van der Waals surface area contributed by atoms with E-state index in [2.05, 4.69) is 31.5 Å². The maximum atomic E-state index is 4.73. The number of aryl methyl sites for hydroxylation is 2. The number of nitrogens with zero attached hydrogens (tertiary/aromatic N) is 2. The summed E-state index contributed by atoms with van der Waals surface area (Å²) in [4.78, 5) is 4.73. The van der Waals surface area contributed by atoms with Crippen LogP contribution in [0.5, 0.6) is 0 Å². The fraction of sp³-hybridized carbons (Fsp3) is 0.750. The zero-order chi connectivity index (χ0) is 10.1. The summed E-state index contributed by atoms with van der Waals surface area (Å²) in [5.41, 5.74) is 1.29.